The van der Waals surface area contributed by atoms with Crippen LogP contribution in [-0.4, -0.2) is 22.0 Å². The Hall–Kier alpha value is -1.03. The summed E-state index contributed by atoms with van der Waals surface area (Å²) < 4.78 is 23.3. The minimum absolute atomic E-state index is 0.0274. The van der Waals surface area contributed by atoms with Crippen molar-refractivity contribution in [2.75, 3.05) is 12.0 Å². The maximum Gasteiger partial charge on any atom is 0.162 e. The first kappa shape index (κ1) is 12.0. The van der Waals surface area contributed by atoms with Gasteiger partial charge in [0.1, 0.15) is 5.82 Å². The molecule has 0 spiro atoms. The van der Waals surface area contributed by atoms with Crippen LogP contribution in [-0.2, 0) is 10.8 Å². The van der Waals surface area contributed by atoms with Crippen molar-refractivity contribution in [3.63, 3.8) is 0 Å². The van der Waals surface area contributed by atoms with Gasteiger partial charge in [0.2, 0.25) is 0 Å². The average molecular weight is 228 g/mol. The van der Waals surface area contributed by atoms with Gasteiger partial charge in [-0.25, -0.2) is 4.39 Å². The van der Waals surface area contributed by atoms with Crippen molar-refractivity contribution in [1.29, 1.82) is 0 Å². The fourth-order valence-corrected chi connectivity index (χ4v) is 1.77. The van der Waals surface area contributed by atoms with Gasteiger partial charge in [-0.3, -0.25) is 9.00 Å². The quantitative estimate of drug-likeness (QED) is 0.724. The van der Waals surface area contributed by atoms with Crippen molar-refractivity contribution in [3.05, 3.63) is 35.6 Å². The molecule has 0 bridgehead atoms. The Morgan fingerprint density at radius 2 is 1.93 bits per heavy atom. The Kier molecular flexibility index (Phi) is 4.62. The van der Waals surface area contributed by atoms with Gasteiger partial charge >= 0.3 is 0 Å². The molecule has 0 N–H and O–H groups in total. The summed E-state index contributed by atoms with van der Waals surface area (Å²) in [6.07, 6.45) is 2.59. The van der Waals surface area contributed by atoms with E-state index in [2.05, 4.69) is 0 Å². The van der Waals surface area contributed by atoms with Crippen LogP contribution in [0.25, 0.3) is 0 Å². The maximum atomic E-state index is 12.6. The summed E-state index contributed by atoms with van der Waals surface area (Å²) in [5.41, 5.74) is 0.512. The molecular formula is C11H13FO2S. The molecule has 0 aliphatic rings. The van der Waals surface area contributed by atoms with Crippen LogP contribution in [0.1, 0.15) is 23.2 Å². The highest BCUT2D eigenvalue weighted by Crippen LogP contribution is 2.07. The summed E-state index contributed by atoms with van der Waals surface area (Å²) >= 11 is 0. The van der Waals surface area contributed by atoms with Gasteiger partial charge in [-0.1, -0.05) is 0 Å². The van der Waals surface area contributed by atoms with Gasteiger partial charge < -0.3 is 0 Å². The number of hydrogen-bond donors (Lipinski definition) is 0. The maximum absolute atomic E-state index is 12.6. The predicted octanol–water partition coefficient (Wildman–Crippen LogP) is 2.17. The molecule has 1 rings (SSSR count). The smallest absolute Gasteiger partial charge is 0.162 e. The molecule has 4 heteroatoms. The molecule has 15 heavy (non-hydrogen) atoms. The summed E-state index contributed by atoms with van der Waals surface area (Å²) in [5, 5.41) is 0. The van der Waals surface area contributed by atoms with E-state index in [9.17, 15) is 13.4 Å². The number of carbonyl (C=O) groups excluding carboxylic acids is 1. The van der Waals surface area contributed by atoms with Crippen LogP contribution < -0.4 is 0 Å². The van der Waals surface area contributed by atoms with Crippen LogP contribution in [0.5, 0.6) is 0 Å². The highest BCUT2D eigenvalue weighted by Gasteiger charge is 2.05. The molecule has 0 radical (unpaired) electrons. The van der Waals surface area contributed by atoms with Crippen LogP contribution in [0, 0.1) is 5.82 Å². The SMILES string of the molecule is CS(=O)CCCC(=O)c1ccc(F)cc1. The van der Waals surface area contributed by atoms with Crippen molar-refractivity contribution < 1.29 is 13.4 Å². The molecule has 1 aromatic carbocycles. The van der Waals surface area contributed by atoms with E-state index in [1.165, 1.54) is 24.3 Å². The van der Waals surface area contributed by atoms with E-state index in [0.29, 0.717) is 24.2 Å². The van der Waals surface area contributed by atoms with E-state index in [0.717, 1.165) is 0 Å². The topological polar surface area (TPSA) is 34.1 Å². The Morgan fingerprint density at radius 1 is 1.33 bits per heavy atom. The van der Waals surface area contributed by atoms with Gasteiger partial charge in [-0.05, 0) is 30.7 Å². The fraction of sp³-hybridized carbons (Fsp3) is 0.364. The zero-order valence-corrected chi connectivity index (χ0v) is 9.35. The molecule has 0 saturated carbocycles. The normalized spacial score (nSPS) is 12.4. The number of Topliss-reactive ketones (excluding diaryl/α,β-unsaturated/α-hetero) is 1. The molecule has 0 fully saturated rings. The van der Waals surface area contributed by atoms with Gasteiger partial charge in [-0.2, -0.15) is 0 Å². The van der Waals surface area contributed by atoms with E-state index in [-0.39, 0.29) is 11.6 Å². The molecular weight excluding hydrogens is 215 g/mol. The monoisotopic (exact) mass is 228 g/mol. The molecule has 1 unspecified atom stereocenters. The van der Waals surface area contributed by atoms with E-state index >= 15 is 0 Å². The Bertz CT molecular complexity index is 359. The highest BCUT2D eigenvalue weighted by molar-refractivity contribution is 7.84. The van der Waals surface area contributed by atoms with Crippen molar-refractivity contribution in [1.82, 2.24) is 0 Å². The van der Waals surface area contributed by atoms with Gasteiger partial charge in [0.15, 0.2) is 5.78 Å². The lowest BCUT2D eigenvalue weighted by Gasteiger charge is -1.99. The lowest BCUT2D eigenvalue weighted by molar-refractivity contribution is 0.0982. The summed E-state index contributed by atoms with van der Waals surface area (Å²) in [4.78, 5) is 11.5. The molecule has 0 aliphatic carbocycles. The minimum Gasteiger partial charge on any atom is -0.294 e. The van der Waals surface area contributed by atoms with Crippen LogP contribution >= 0.6 is 0 Å². The minimum atomic E-state index is -0.854. The second-order valence-electron chi connectivity index (χ2n) is 3.31. The van der Waals surface area contributed by atoms with E-state index < -0.39 is 10.8 Å². The number of benzene rings is 1. The predicted molar refractivity (Wildman–Crippen MR) is 58.9 cm³/mol. The van der Waals surface area contributed by atoms with Crippen molar-refractivity contribution in [3.8, 4) is 0 Å². The average Bonchev–Trinajstić information content (AvgIpc) is 2.18. The molecule has 0 aromatic heterocycles. The van der Waals surface area contributed by atoms with Gasteiger partial charge in [0.25, 0.3) is 0 Å². The van der Waals surface area contributed by atoms with Gasteiger partial charge in [-0.15, -0.1) is 0 Å². The largest absolute Gasteiger partial charge is 0.294 e. The van der Waals surface area contributed by atoms with E-state index in [1.54, 1.807) is 6.26 Å². The second kappa shape index (κ2) is 5.75. The molecule has 1 aromatic rings. The number of rotatable bonds is 5. The fourth-order valence-electron chi connectivity index (χ4n) is 1.22. The van der Waals surface area contributed by atoms with Crippen molar-refractivity contribution in [2.24, 2.45) is 0 Å². The van der Waals surface area contributed by atoms with E-state index in [4.69, 9.17) is 0 Å². The van der Waals surface area contributed by atoms with Crippen LogP contribution in [0.3, 0.4) is 0 Å². The number of ketones is 1. The first-order valence-corrected chi connectivity index (χ1v) is 6.41. The third kappa shape index (κ3) is 4.34. The first-order chi connectivity index (χ1) is 7.09. The lowest BCUT2D eigenvalue weighted by atomic mass is 10.1. The number of halogens is 1. The highest BCUT2D eigenvalue weighted by atomic mass is 32.2. The molecule has 1 atom stereocenters. The lowest BCUT2D eigenvalue weighted by Crippen LogP contribution is -2.02. The summed E-state index contributed by atoms with van der Waals surface area (Å²) in [6, 6.07) is 5.48. The third-order valence-electron chi connectivity index (χ3n) is 2.00. The Morgan fingerprint density at radius 3 is 2.47 bits per heavy atom. The molecule has 0 saturated heterocycles. The molecule has 82 valence electrons. The Labute approximate surface area is 91.0 Å². The molecule has 0 aliphatic heterocycles. The number of carbonyl (C=O) groups is 1. The zero-order chi connectivity index (χ0) is 11.3. The van der Waals surface area contributed by atoms with E-state index in [1.807, 2.05) is 0 Å². The Balaban J connectivity index is 2.47. The molecule has 2 nitrogen and oxygen atoms in total. The van der Waals surface area contributed by atoms with Crippen LogP contribution in [0.15, 0.2) is 24.3 Å². The second-order valence-corrected chi connectivity index (χ2v) is 4.87. The zero-order valence-electron chi connectivity index (χ0n) is 8.53. The summed E-state index contributed by atoms with van der Waals surface area (Å²) in [7, 11) is -0.854. The van der Waals surface area contributed by atoms with Crippen molar-refractivity contribution >= 4 is 16.6 Å². The van der Waals surface area contributed by atoms with Crippen LogP contribution in [0.4, 0.5) is 4.39 Å². The summed E-state index contributed by atoms with van der Waals surface area (Å²) in [5.74, 6) is 0.161. The van der Waals surface area contributed by atoms with Crippen LogP contribution in [0.2, 0.25) is 0 Å². The first-order valence-electron chi connectivity index (χ1n) is 4.68. The molecule has 0 amide bonds. The van der Waals surface area contributed by atoms with Gasteiger partial charge in [0.05, 0.1) is 0 Å². The third-order valence-corrected chi connectivity index (χ3v) is 2.87. The molecule has 0 heterocycles. The standard InChI is InChI=1S/C11H13FO2S/c1-15(14)8-2-3-11(13)9-4-6-10(12)7-5-9/h4-7H,2-3,8H2,1H3. The number of hydrogen-bond acceptors (Lipinski definition) is 2. The van der Waals surface area contributed by atoms with Gasteiger partial charge in [0, 0.05) is 34.8 Å². The van der Waals surface area contributed by atoms with Crippen molar-refractivity contribution in [2.45, 2.75) is 12.8 Å². The summed E-state index contributed by atoms with van der Waals surface area (Å²) in [6.45, 7) is 0.